The molecule has 0 bridgehead atoms. The number of aromatic nitrogens is 1. The third-order valence-corrected chi connectivity index (χ3v) is 3.24. The van der Waals surface area contributed by atoms with Gasteiger partial charge >= 0.3 is 0 Å². The van der Waals surface area contributed by atoms with E-state index in [1.54, 1.807) is 30.3 Å². The lowest BCUT2D eigenvalue weighted by Crippen LogP contribution is -2.08. The second-order valence-electron chi connectivity index (χ2n) is 4.06. The number of amides is 1. The average Bonchev–Trinajstić information content (AvgIpc) is 2.45. The van der Waals surface area contributed by atoms with Gasteiger partial charge in [-0.3, -0.25) is 9.59 Å². The Labute approximate surface area is 135 Å². The normalized spacial score (nSPS) is 10.6. The molecule has 0 spiro atoms. The zero-order chi connectivity index (χ0) is 15.2. The molecule has 0 aliphatic heterocycles. The molecule has 2 rings (SSSR count). The molecule has 2 aromatic rings. The number of carbonyl (C=O) groups is 2. The van der Waals surface area contributed by atoms with E-state index >= 15 is 0 Å². The molecule has 21 heavy (non-hydrogen) atoms. The van der Waals surface area contributed by atoms with Gasteiger partial charge in [0.25, 0.3) is 0 Å². The summed E-state index contributed by atoms with van der Waals surface area (Å²) >= 11 is 9.00. The van der Waals surface area contributed by atoms with Crippen LogP contribution >= 0.6 is 27.5 Å². The van der Waals surface area contributed by atoms with Crippen LogP contribution in [0.3, 0.4) is 0 Å². The topological polar surface area (TPSA) is 59.1 Å². The molecule has 0 saturated carbocycles. The Morgan fingerprint density at radius 3 is 2.52 bits per heavy atom. The lowest BCUT2D eigenvalue weighted by atomic mass is 10.1. The molecule has 1 heterocycles. The van der Waals surface area contributed by atoms with E-state index in [0.29, 0.717) is 11.3 Å². The van der Waals surface area contributed by atoms with E-state index in [0.717, 1.165) is 4.47 Å². The third-order valence-electron chi connectivity index (χ3n) is 2.51. The summed E-state index contributed by atoms with van der Waals surface area (Å²) in [5, 5.41) is 2.87. The van der Waals surface area contributed by atoms with Crippen molar-refractivity contribution in [2.75, 3.05) is 5.32 Å². The van der Waals surface area contributed by atoms with Gasteiger partial charge in [-0.15, -0.1) is 0 Å². The molecular weight excluding hydrogens is 356 g/mol. The SMILES string of the molecule is O=C(/C=C/C(=O)c1ccc(Br)cc1)Nc1ccnc(Cl)c1. The standard InChI is InChI=1S/C15H10BrClN2O2/c16-11-3-1-10(2-4-11)13(20)5-6-15(21)19-12-7-8-18-14(17)9-12/h1-9H,(H,18,19,21)/b6-5+. The van der Waals surface area contributed by atoms with E-state index in [9.17, 15) is 9.59 Å². The van der Waals surface area contributed by atoms with Crippen molar-refractivity contribution in [3.8, 4) is 0 Å². The van der Waals surface area contributed by atoms with Crippen LogP contribution < -0.4 is 5.32 Å². The number of benzene rings is 1. The molecule has 0 fully saturated rings. The smallest absolute Gasteiger partial charge is 0.248 e. The number of allylic oxidation sites excluding steroid dienone is 1. The number of nitrogens with one attached hydrogen (secondary N) is 1. The van der Waals surface area contributed by atoms with Crippen molar-refractivity contribution in [1.29, 1.82) is 0 Å². The zero-order valence-electron chi connectivity index (χ0n) is 10.7. The molecule has 1 aromatic heterocycles. The molecule has 0 saturated heterocycles. The maximum Gasteiger partial charge on any atom is 0.248 e. The number of ketones is 1. The predicted molar refractivity (Wildman–Crippen MR) is 85.5 cm³/mol. The van der Waals surface area contributed by atoms with Crippen molar-refractivity contribution < 1.29 is 9.59 Å². The quantitative estimate of drug-likeness (QED) is 0.508. The molecule has 6 heteroatoms. The Kier molecular flexibility index (Phi) is 5.25. The number of nitrogens with zero attached hydrogens (tertiary/aromatic N) is 1. The van der Waals surface area contributed by atoms with Crippen LogP contribution in [-0.4, -0.2) is 16.7 Å². The number of carbonyl (C=O) groups excluding carboxylic acids is 2. The first-order valence-electron chi connectivity index (χ1n) is 5.95. The monoisotopic (exact) mass is 364 g/mol. The van der Waals surface area contributed by atoms with Crippen LogP contribution in [0.5, 0.6) is 0 Å². The molecule has 1 N–H and O–H groups in total. The Morgan fingerprint density at radius 2 is 1.86 bits per heavy atom. The van der Waals surface area contributed by atoms with Gasteiger partial charge in [0, 0.05) is 28.0 Å². The highest BCUT2D eigenvalue weighted by Crippen LogP contribution is 2.13. The van der Waals surface area contributed by atoms with Crippen molar-refractivity contribution in [2.45, 2.75) is 0 Å². The first kappa shape index (κ1) is 15.4. The minimum atomic E-state index is -0.414. The molecular formula is C15H10BrClN2O2. The van der Waals surface area contributed by atoms with Crippen molar-refractivity contribution in [3.05, 3.63) is 69.9 Å². The van der Waals surface area contributed by atoms with E-state index in [1.807, 2.05) is 0 Å². The molecule has 0 radical (unpaired) electrons. The summed E-state index contributed by atoms with van der Waals surface area (Å²) in [4.78, 5) is 27.4. The fourth-order valence-electron chi connectivity index (χ4n) is 1.53. The molecule has 0 aliphatic carbocycles. The number of anilines is 1. The summed E-state index contributed by atoms with van der Waals surface area (Å²) in [6, 6.07) is 10.0. The Bertz CT molecular complexity index is 699. The lowest BCUT2D eigenvalue weighted by molar-refractivity contribution is -0.111. The summed E-state index contributed by atoms with van der Waals surface area (Å²) in [7, 11) is 0. The van der Waals surface area contributed by atoms with E-state index in [4.69, 9.17) is 11.6 Å². The van der Waals surface area contributed by atoms with Crippen LogP contribution in [-0.2, 0) is 4.79 Å². The van der Waals surface area contributed by atoms with Crippen molar-refractivity contribution >= 4 is 44.9 Å². The highest BCUT2D eigenvalue weighted by Gasteiger charge is 2.03. The Balaban J connectivity index is 1.98. The summed E-state index contributed by atoms with van der Waals surface area (Å²) in [5.41, 5.74) is 1.02. The van der Waals surface area contributed by atoms with Crippen LogP contribution in [0, 0.1) is 0 Å². The molecule has 4 nitrogen and oxygen atoms in total. The summed E-state index contributed by atoms with van der Waals surface area (Å²) in [5.74, 6) is -0.659. The molecule has 1 aromatic carbocycles. The van der Waals surface area contributed by atoms with Gasteiger partial charge in [-0.05, 0) is 42.5 Å². The number of rotatable bonds is 4. The second-order valence-corrected chi connectivity index (χ2v) is 5.36. The van der Waals surface area contributed by atoms with Gasteiger partial charge < -0.3 is 5.32 Å². The van der Waals surface area contributed by atoms with E-state index in [2.05, 4.69) is 26.2 Å². The fourth-order valence-corrected chi connectivity index (χ4v) is 1.96. The third kappa shape index (κ3) is 4.81. The van der Waals surface area contributed by atoms with Gasteiger partial charge in [0.1, 0.15) is 5.15 Å². The number of halogens is 2. The van der Waals surface area contributed by atoms with Gasteiger partial charge in [0.2, 0.25) is 5.91 Å². The zero-order valence-corrected chi connectivity index (χ0v) is 13.1. The van der Waals surface area contributed by atoms with Crippen molar-refractivity contribution in [1.82, 2.24) is 4.98 Å². The molecule has 0 atom stereocenters. The predicted octanol–water partition coefficient (Wildman–Crippen LogP) is 3.88. The lowest BCUT2D eigenvalue weighted by Gasteiger charge is -2.01. The number of hydrogen-bond acceptors (Lipinski definition) is 3. The molecule has 1 amide bonds. The second kappa shape index (κ2) is 7.15. The number of hydrogen-bond donors (Lipinski definition) is 1. The highest BCUT2D eigenvalue weighted by atomic mass is 79.9. The van der Waals surface area contributed by atoms with Crippen LogP contribution in [0.25, 0.3) is 0 Å². The van der Waals surface area contributed by atoms with Gasteiger partial charge in [-0.2, -0.15) is 0 Å². The summed E-state index contributed by atoms with van der Waals surface area (Å²) in [6.07, 6.45) is 3.88. The van der Waals surface area contributed by atoms with Crippen LogP contribution in [0.4, 0.5) is 5.69 Å². The van der Waals surface area contributed by atoms with Crippen LogP contribution in [0.15, 0.2) is 59.2 Å². The fraction of sp³-hybridized carbons (Fsp3) is 0. The minimum Gasteiger partial charge on any atom is -0.322 e. The van der Waals surface area contributed by atoms with Gasteiger partial charge in [0.05, 0.1) is 0 Å². The summed E-state index contributed by atoms with van der Waals surface area (Å²) in [6.45, 7) is 0. The first-order chi connectivity index (χ1) is 10.0. The van der Waals surface area contributed by atoms with Crippen molar-refractivity contribution in [3.63, 3.8) is 0 Å². The van der Waals surface area contributed by atoms with Crippen LogP contribution in [0.1, 0.15) is 10.4 Å². The van der Waals surface area contributed by atoms with Crippen molar-refractivity contribution in [2.24, 2.45) is 0 Å². The van der Waals surface area contributed by atoms with E-state index in [-0.39, 0.29) is 10.9 Å². The number of pyridine rings is 1. The molecule has 106 valence electrons. The van der Waals surface area contributed by atoms with Crippen LogP contribution in [0.2, 0.25) is 5.15 Å². The Hall–Kier alpha value is -1.98. The average molecular weight is 366 g/mol. The molecule has 0 aliphatic rings. The van der Waals surface area contributed by atoms with E-state index in [1.165, 1.54) is 24.4 Å². The van der Waals surface area contributed by atoms with E-state index < -0.39 is 5.91 Å². The molecule has 0 unspecified atom stereocenters. The van der Waals surface area contributed by atoms with Gasteiger partial charge in [-0.1, -0.05) is 27.5 Å². The van der Waals surface area contributed by atoms with Gasteiger partial charge in [0.15, 0.2) is 5.78 Å². The maximum atomic E-state index is 11.9. The van der Waals surface area contributed by atoms with Gasteiger partial charge in [-0.25, -0.2) is 4.98 Å². The largest absolute Gasteiger partial charge is 0.322 e. The highest BCUT2D eigenvalue weighted by molar-refractivity contribution is 9.10. The first-order valence-corrected chi connectivity index (χ1v) is 7.12. The maximum absolute atomic E-state index is 11.9. The minimum absolute atomic E-state index is 0.245. The summed E-state index contributed by atoms with van der Waals surface area (Å²) < 4.78 is 0.885. The Morgan fingerprint density at radius 1 is 1.14 bits per heavy atom.